The SMILES string of the molecule is COc1ccc(CN(Cc2nc(-c3cccc(OC)c3)no2)C(C)C2CC2)cc1. The topological polar surface area (TPSA) is 60.6 Å². The lowest BCUT2D eigenvalue weighted by molar-refractivity contribution is 0.150. The van der Waals surface area contributed by atoms with E-state index in [1.807, 2.05) is 36.4 Å². The molecule has 0 aliphatic heterocycles. The van der Waals surface area contributed by atoms with Crippen molar-refractivity contribution >= 4 is 0 Å². The number of hydrogen-bond donors (Lipinski definition) is 0. The summed E-state index contributed by atoms with van der Waals surface area (Å²) in [6.07, 6.45) is 2.58. The van der Waals surface area contributed by atoms with Crippen molar-refractivity contribution in [3.8, 4) is 22.9 Å². The van der Waals surface area contributed by atoms with Gasteiger partial charge in [0.25, 0.3) is 0 Å². The van der Waals surface area contributed by atoms with Gasteiger partial charge in [0.05, 0.1) is 20.8 Å². The smallest absolute Gasteiger partial charge is 0.241 e. The third-order valence-electron chi connectivity index (χ3n) is 5.56. The molecular formula is C23H27N3O3. The zero-order valence-corrected chi connectivity index (χ0v) is 17.2. The largest absolute Gasteiger partial charge is 0.497 e. The summed E-state index contributed by atoms with van der Waals surface area (Å²) in [6.45, 7) is 3.75. The van der Waals surface area contributed by atoms with Gasteiger partial charge in [-0.15, -0.1) is 0 Å². The number of aromatic nitrogens is 2. The molecule has 1 aromatic heterocycles. The number of rotatable bonds is 9. The predicted molar refractivity (Wildman–Crippen MR) is 111 cm³/mol. The molecular weight excluding hydrogens is 366 g/mol. The summed E-state index contributed by atoms with van der Waals surface area (Å²) in [5.74, 6) is 3.60. The van der Waals surface area contributed by atoms with E-state index < -0.39 is 0 Å². The first kappa shape index (κ1) is 19.5. The highest BCUT2D eigenvalue weighted by atomic mass is 16.5. The van der Waals surface area contributed by atoms with Gasteiger partial charge in [-0.3, -0.25) is 4.90 Å². The molecule has 1 aliphatic carbocycles. The Morgan fingerprint density at radius 3 is 2.48 bits per heavy atom. The zero-order chi connectivity index (χ0) is 20.2. The number of benzene rings is 2. The fourth-order valence-electron chi connectivity index (χ4n) is 3.56. The molecule has 1 heterocycles. The molecule has 0 spiro atoms. The van der Waals surface area contributed by atoms with Crippen molar-refractivity contribution < 1.29 is 14.0 Å². The summed E-state index contributed by atoms with van der Waals surface area (Å²) >= 11 is 0. The lowest BCUT2D eigenvalue weighted by Gasteiger charge is -2.28. The summed E-state index contributed by atoms with van der Waals surface area (Å²) in [5.41, 5.74) is 2.13. The molecule has 3 aromatic rings. The second-order valence-electron chi connectivity index (χ2n) is 7.57. The van der Waals surface area contributed by atoms with Crippen LogP contribution in [0.4, 0.5) is 0 Å². The first-order valence-corrected chi connectivity index (χ1v) is 10.00. The van der Waals surface area contributed by atoms with E-state index in [0.717, 1.165) is 29.5 Å². The monoisotopic (exact) mass is 393 g/mol. The zero-order valence-electron chi connectivity index (χ0n) is 17.2. The molecule has 0 bridgehead atoms. The van der Waals surface area contributed by atoms with Gasteiger partial charge in [-0.2, -0.15) is 4.98 Å². The molecule has 0 saturated heterocycles. The molecule has 1 fully saturated rings. The van der Waals surface area contributed by atoms with Crippen molar-refractivity contribution in [2.45, 2.75) is 38.9 Å². The Morgan fingerprint density at radius 2 is 1.79 bits per heavy atom. The molecule has 152 valence electrons. The lowest BCUT2D eigenvalue weighted by atomic mass is 10.1. The standard InChI is InChI=1S/C23H27N3O3/c1-16(18-9-10-18)26(14-17-7-11-20(27-2)12-8-17)15-22-24-23(25-29-22)19-5-4-6-21(13-19)28-3/h4-8,11-13,16,18H,9-10,14-15H2,1-3H3. The van der Waals surface area contributed by atoms with Crippen LogP contribution in [0, 0.1) is 5.92 Å². The molecule has 1 aliphatic rings. The molecule has 0 amide bonds. The van der Waals surface area contributed by atoms with Crippen molar-refractivity contribution in [3.05, 3.63) is 60.0 Å². The van der Waals surface area contributed by atoms with Crippen molar-refractivity contribution in [1.29, 1.82) is 0 Å². The Balaban J connectivity index is 1.50. The summed E-state index contributed by atoms with van der Waals surface area (Å²) < 4.78 is 16.1. The molecule has 0 radical (unpaired) electrons. The number of nitrogens with zero attached hydrogens (tertiary/aromatic N) is 3. The van der Waals surface area contributed by atoms with E-state index in [1.54, 1.807) is 14.2 Å². The van der Waals surface area contributed by atoms with Crippen molar-refractivity contribution in [3.63, 3.8) is 0 Å². The lowest BCUT2D eigenvalue weighted by Crippen LogP contribution is -2.33. The maximum Gasteiger partial charge on any atom is 0.241 e. The average Bonchev–Trinajstić information content (AvgIpc) is 3.51. The number of methoxy groups -OCH3 is 2. The van der Waals surface area contributed by atoms with Gasteiger partial charge in [0.1, 0.15) is 11.5 Å². The van der Waals surface area contributed by atoms with E-state index in [1.165, 1.54) is 18.4 Å². The minimum atomic E-state index is 0.462. The molecule has 6 nitrogen and oxygen atoms in total. The fourth-order valence-corrected chi connectivity index (χ4v) is 3.56. The van der Waals surface area contributed by atoms with Crippen molar-refractivity contribution in [2.24, 2.45) is 5.92 Å². The molecule has 1 unspecified atom stereocenters. The van der Waals surface area contributed by atoms with E-state index in [4.69, 9.17) is 14.0 Å². The molecule has 1 atom stereocenters. The second kappa shape index (κ2) is 8.66. The van der Waals surface area contributed by atoms with E-state index >= 15 is 0 Å². The van der Waals surface area contributed by atoms with Crippen LogP contribution in [0.25, 0.3) is 11.4 Å². The molecule has 29 heavy (non-hydrogen) atoms. The third-order valence-corrected chi connectivity index (χ3v) is 5.56. The predicted octanol–water partition coefficient (Wildman–Crippen LogP) is 4.55. The van der Waals surface area contributed by atoms with Crippen LogP contribution >= 0.6 is 0 Å². The maximum absolute atomic E-state index is 5.58. The van der Waals surface area contributed by atoms with Gasteiger partial charge in [-0.25, -0.2) is 0 Å². The van der Waals surface area contributed by atoms with Gasteiger partial charge in [0.2, 0.25) is 11.7 Å². The van der Waals surface area contributed by atoms with Gasteiger partial charge in [-0.1, -0.05) is 29.4 Å². The number of ether oxygens (including phenoxy) is 2. The Hall–Kier alpha value is -2.86. The Bertz CT molecular complexity index is 935. The van der Waals surface area contributed by atoms with Gasteiger partial charge < -0.3 is 14.0 Å². The molecule has 4 rings (SSSR count). The van der Waals surface area contributed by atoms with Crippen LogP contribution < -0.4 is 9.47 Å². The molecule has 6 heteroatoms. The van der Waals surface area contributed by atoms with Gasteiger partial charge >= 0.3 is 0 Å². The van der Waals surface area contributed by atoms with Crippen LogP contribution in [0.3, 0.4) is 0 Å². The second-order valence-corrected chi connectivity index (χ2v) is 7.57. The summed E-state index contributed by atoms with van der Waals surface area (Å²) in [7, 11) is 3.34. The Labute approximate surface area is 171 Å². The fraction of sp³-hybridized carbons (Fsp3) is 0.391. The van der Waals surface area contributed by atoms with Crippen LogP contribution in [-0.2, 0) is 13.1 Å². The Morgan fingerprint density at radius 1 is 1.03 bits per heavy atom. The van der Waals surface area contributed by atoms with Crippen LogP contribution in [0.5, 0.6) is 11.5 Å². The summed E-state index contributed by atoms with van der Waals surface area (Å²) in [6, 6.07) is 16.4. The highest BCUT2D eigenvalue weighted by molar-refractivity contribution is 5.56. The van der Waals surface area contributed by atoms with Gasteiger partial charge in [-0.05, 0) is 55.5 Å². The Kier molecular flexibility index (Phi) is 5.81. The van der Waals surface area contributed by atoms with E-state index in [0.29, 0.717) is 24.3 Å². The van der Waals surface area contributed by atoms with E-state index in [9.17, 15) is 0 Å². The first-order valence-electron chi connectivity index (χ1n) is 10.00. The average molecular weight is 393 g/mol. The quantitative estimate of drug-likeness (QED) is 0.531. The van der Waals surface area contributed by atoms with Crippen molar-refractivity contribution in [1.82, 2.24) is 15.0 Å². The summed E-state index contributed by atoms with van der Waals surface area (Å²) in [4.78, 5) is 7.05. The summed E-state index contributed by atoms with van der Waals surface area (Å²) in [5, 5.41) is 4.18. The minimum Gasteiger partial charge on any atom is -0.497 e. The molecule has 0 N–H and O–H groups in total. The first-order chi connectivity index (χ1) is 14.2. The highest BCUT2D eigenvalue weighted by Crippen LogP contribution is 2.36. The maximum atomic E-state index is 5.58. The van der Waals surface area contributed by atoms with E-state index in [-0.39, 0.29) is 0 Å². The van der Waals surface area contributed by atoms with Gasteiger partial charge in [0, 0.05) is 18.2 Å². The highest BCUT2D eigenvalue weighted by Gasteiger charge is 2.32. The van der Waals surface area contributed by atoms with Crippen LogP contribution in [0.2, 0.25) is 0 Å². The van der Waals surface area contributed by atoms with Crippen LogP contribution in [0.15, 0.2) is 53.1 Å². The minimum absolute atomic E-state index is 0.462. The molecule has 1 saturated carbocycles. The van der Waals surface area contributed by atoms with Crippen molar-refractivity contribution in [2.75, 3.05) is 14.2 Å². The van der Waals surface area contributed by atoms with E-state index in [2.05, 4.69) is 34.1 Å². The normalized spacial score (nSPS) is 14.8. The van der Waals surface area contributed by atoms with Crippen LogP contribution in [0.1, 0.15) is 31.2 Å². The third kappa shape index (κ3) is 4.77. The van der Waals surface area contributed by atoms with Gasteiger partial charge in [0.15, 0.2) is 0 Å². The van der Waals surface area contributed by atoms with Crippen LogP contribution in [-0.4, -0.2) is 35.3 Å². The number of hydrogen-bond acceptors (Lipinski definition) is 6. The molecule has 2 aromatic carbocycles.